The topological polar surface area (TPSA) is 49.4 Å². The summed E-state index contributed by atoms with van der Waals surface area (Å²) in [6.07, 6.45) is 2.87. The quantitative estimate of drug-likeness (QED) is 0.561. The summed E-state index contributed by atoms with van der Waals surface area (Å²) in [7, 11) is 0. The number of hydrogen-bond acceptors (Lipinski definition) is 3. The summed E-state index contributed by atoms with van der Waals surface area (Å²) in [6.45, 7) is 9.34. The average molecular weight is 224 g/mol. The fourth-order valence-corrected chi connectivity index (χ4v) is 1.99. The van der Waals surface area contributed by atoms with E-state index < -0.39 is 0 Å². The van der Waals surface area contributed by atoms with Crippen molar-refractivity contribution >= 4 is 11.8 Å². The van der Waals surface area contributed by atoms with Gasteiger partial charge in [-0.2, -0.15) is 0 Å². The van der Waals surface area contributed by atoms with Gasteiger partial charge in [0.05, 0.1) is 12.5 Å². The van der Waals surface area contributed by atoms with Crippen LogP contribution in [0, 0.1) is 0 Å². The monoisotopic (exact) mass is 224 g/mol. The predicted molar refractivity (Wildman–Crippen MR) is 62.8 cm³/mol. The van der Waals surface area contributed by atoms with Crippen LogP contribution in [0.3, 0.4) is 0 Å². The van der Waals surface area contributed by atoms with Crippen molar-refractivity contribution in [3.63, 3.8) is 0 Å². The van der Waals surface area contributed by atoms with Crippen molar-refractivity contribution in [3.8, 4) is 0 Å². The molecule has 1 aliphatic heterocycles. The van der Waals surface area contributed by atoms with Gasteiger partial charge in [-0.05, 0) is 27.2 Å². The minimum atomic E-state index is -0.357. The zero-order valence-electron chi connectivity index (χ0n) is 10.2. The van der Waals surface area contributed by atoms with E-state index in [-0.39, 0.29) is 36.4 Å². The Hall–Kier alpha value is -1.16. The van der Waals surface area contributed by atoms with Crippen molar-refractivity contribution in [2.45, 2.75) is 51.7 Å². The SMILES string of the molecule is C=CCC(C)NC1CC(=O)N(C(C)C)C1=O. The van der Waals surface area contributed by atoms with E-state index >= 15 is 0 Å². The third kappa shape index (κ3) is 2.70. The van der Waals surface area contributed by atoms with Crippen LogP contribution in [0.15, 0.2) is 12.7 Å². The van der Waals surface area contributed by atoms with Gasteiger partial charge in [-0.15, -0.1) is 6.58 Å². The van der Waals surface area contributed by atoms with Crippen molar-refractivity contribution in [3.05, 3.63) is 12.7 Å². The summed E-state index contributed by atoms with van der Waals surface area (Å²) in [5, 5.41) is 3.16. The molecule has 1 rings (SSSR count). The highest BCUT2D eigenvalue weighted by Gasteiger charge is 2.39. The first-order valence-corrected chi connectivity index (χ1v) is 5.70. The molecule has 1 saturated heterocycles. The molecule has 1 N–H and O–H groups in total. The lowest BCUT2D eigenvalue weighted by Crippen LogP contribution is -2.44. The lowest BCUT2D eigenvalue weighted by atomic mass is 10.1. The first-order chi connectivity index (χ1) is 7.47. The van der Waals surface area contributed by atoms with Crippen LogP contribution in [-0.4, -0.2) is 34.8 Å². The normalized spacial score (nSPS) is 23.0. The molecule has 90 valence electrons. The van der Waals surface area contributed by atoms with E-state index in [0.717, 1.165) is 6.42 Å². The molecule has 2 amide bonds. The Morgan fingerprint density at radius 3 is 2.56 bits per heavy atom. The maximum absolute atomic E-state index is 11.9. The number of carbonyl (C=O) groups is 2. The molecule has 0 saturated carbocycles. The first kappa shape index (κ1) is 12.9. The standard InChI is InChI=1S/C12H20N2O2/c1-5-6-9(4)13-10-7-11(15)14(8(2)3)12(10)16/h5,8-10,13H,1,6-7H2,2-4H3. The first-order valence-electron chi connectivity index (χ1n) is 5.70. The molecule has 0 aromatic rings. The van der Waals surface area contributed by atoms with Crippen molar-refractivity contribution in [1.29, 1.82) is 0 Å². The third-order valence-corrected chi connectivity index (χ3v) is 2.71. The number of hydrogen-bond donors (Lipinski definition) is 1. The fourth-order valence-electron chi connectivity index (χ4n) is 1.99. The van der Waals surface area contributed by atoms with Crippen LogP contribution in [0.5, 0.6) is 0 Å². The van der Waals surface area contributed by atoms with Gasteiger partial charge in [-0.25, -0.2) is 0 Å². The van der Waals surface area contributed by atoms with E-state index in [0.29, 0.717) is 0 Å². The second-order valence-electron chi connectivity index (χ2n) is 4.54. The summed E-state index contributed by atoms with van der Waals surface area (Å²) < 4.78 is 0. The Morgan fingerprint density at radius 2 is 2.12 bits per heavy atom. The summed E-state index contributed by atoms with van der Waals surface area (Å²) >= 11 is 0. The Kier molecular flexibility index (Phi) is 4.24. The highest BCUT2D eigenvalue weighted by Crippen LogP contribution is 2.16. The second-order valence-corrected chi connectivity index (χ2v) is 4.54. The van der Waals surface area contributed by atoms with Gasteiger partial charge in [0, 0.05) is 12.1 Å². The van der Waals surface area contributed by atoms with E-state index in [1.54, 1.807) is 6.08 Å². The number of likely N-dealkylation sites (tertiary alicyclic amines) is 1. The van der Waals surface area contributed by atoms with E-state index in [4.69, 9.17) is 0 Å². The summed E-state index contributed by atoms with van der Waals surface area (Å²) in [6, 6.07) is -0.238. The molecule has 2 unspecified atom stereocenters. The third-order valence-electron chi connectivity index (χ3n) is 2.71. The van der Waals surface area contributed by atoms with Gasteiger partial charge in [-0.3, -0.25) is 14.5 Å². The number of rotatable bonds is 5. The smallest absolute Gasteiger partial charge is 0.247 e. The van der Waals surface area contributed by atoms with Crippen molar-refractivity contribution in [2.75, 3.05) is 0 Å². The van der Waals surface area contributed by atoms with E-state index in [2.05, 4.69) is 11.9 Å². The van der Waals surface area contributed by atoms with Gasteiger partial charge in [0.25, 0.3) is 0 Å². The Bertz CT molecular complexity index is 299. The largest absolute Gasteiger partial charge is 0.303 e. The lowest BCUT2D eigenvalue weighted by molar-refractivity contribution is -0.140. The molecular formula is C12H20N2O2. The van der Waals surface area contributed by atoms with Gasteiger partial charge in [0.2, 0.25) is 11.8 Å². The van der Waals surface area contributed by atoms with Crippen LogP contribution in [0.25, 0.3) is 0 Å². The van der Waals surface area contributed by atoms with E-state index in [1.807, 2.05) is 20.8 Å². The number of nitrogens with zero attached hydrogens (tertiary/aromatic N) is 1. The maximum atomic E-state index is 11.9. The molecule has 16 heavy (non-hydrogen) atoms. The number of imide groups is 1. The Balaban J connectivity index is 2.62. The van der Waals surface area contributed by atoms with Gasteiger partial charge >= 0.3 is 0 Å². The minimum Gasteiger partial charge on any atom is -0.303 e. The molecule has 0 bridgehead atoms. The zero-order valence-corrected chi connectivity index (χ0v) is 10.2. The molecule has 4 nitrogen and oxygen atoms in total. The molecule has 2 atom stereocenters. The van der Waals surface area contributed by atoms with Gasteiger partial charge < -0.3 is 5.32 Å². The van der Waals surface area contributed by atoms with Crippen LogP contribution in [0.2, 0.25) is 0 Å². The second kappa shape index (κ2) is 5.25. The molecule has 0 spiro atoms. The fraction of sp³-hybridized carbons (Fsp3) is 0.667. The van der Waals surface area contributed by atoms with Gasteiger partial charge in [0.15, 0.2) is 0 Å². The molecule has 0 aliphatic carbocycles. The zero-order chi connectivity index (χ0) is 12.3. The number of carbonyl (C=O) groups excluding carboxylic acids is 2. The predicted octanol–water partition coefficient (Wildman–Crippen LogP) is 1.08. The number of amides is 2. The molecule has 0 aromatic heterocycles. The molecule has 1 aliphatic rings. The molecule has 1 fully saturated rings. The molecule has 0 radical (unpaired) electrons. The Morgan fingerprint density at radius 1 is 1.50 bits per heavy atom. The van der Waals surface area contributed by atoms with Crippen LogP contribution in [-0.2, 0) is 9.59 Å². The van der Waals surface area contributed by atoms with Crippen LogP contribution < -0.4 is 5.32 Å². The van der Waals surface area contributed by atoms with E-state index in [9.17, 15) is 9.59 Å². The van der Waals surface area contributed by atoms with Crippen LogP contribution in [0.1, 0.15) is 33.6 Å². The summed E-state index contributed by atoms with van der Waals surface area (Å²) in [5.41, 5.74) is 0. The highest BCUT2D eigenvalue weighted by atomic mass is 16.2. The maximum Gasteiger partial charge on any atom is 0.247 e. The molecule has 1 heterocycles. The molecular weight excluding hydrogens is 204 g/mol. The Labute approximate surface area is 96.7 Å². The van der Waals surface area contributed by atoms with Crippen LogP contribution in [0.4, 0.5) is 0 Å². The summed E-state index contributed by atoms with van der Waals surface area (Å²) in [5.74, 6) is -0.181. The highest BCUT2D eigenvalue weighted by molar-refractivity contribution is 6.05. The van der Waals surface area contributed by atoms with E-state index in [1.165, 1.54) is 4.90 Å². The lowest BCUT2D eigenvalue weighted by Gasteiger charge is -2.20. The molecule has 4 heteroatoms. The number of nitrogens with one attached hydrogen (secondary N) is 1. The van der Waals surface area contributed by atoms with Crippen molar-refractivity contribution in [1.82, 2.24) is 10.2 Å². The van der Waals surface area contributed by atoms with Crippen molar-refractivity contribution < 1.29 is 9.59 Å². The molecule has 0 aromatic carbocycles. The van der Waals surface area contributed by atoms with Crippen molar-refractivity contribution in [2.24, 2.45) is 0 Å². The van der Waals surface area contributed by atoms with Gasteiger partial charge in [0.1, 0.15) is 0 Å². The van der Waals surface area contributed by atoms with Gasteiger partial charge in [-0.1, -0.05) is 6.08 Å². The minimum absolute atomic E-state index is 0.0542. The summed E-state index contributed by atoms with van der Waals surface area (Å²) in [4.78, 5) is 24.9. The van der Waals surface area contributed by atoms with Crippen LogP contribution >= 0.6 is 0 Å². The average Bonchev–Trinajstić information content (AvgIpc) is 2.42.